The first-order chi connectivity index (χ1) is 11.3. The van der Waals surface area contributed by atoms with Crippen molar-refractivity contribution in [3.8, 4) is 5.69 Å². The highest BCUT2D eigenvalue weighted by molar-refractivity contribution is 5.82. The third-order valence-corrected chi connectivity index (χ3v) is 4.82. The van der Waals surface area contributed by atoms with Gasteiger partial charge in [0.1, 0.15) is 6.33 Å². The van der Waals surface area contributed by atoms with Crippen molar-refractivity contribution in [3.63, 3.8) is 0 Å². The third kappa shape index (κ3) is 2.82. The molecular formula is C17H21N5O. The van der Waals surface area contributed by atoms with E-state index in [0.29, 0.717) is 0 Å². The molecule has 0 aliphatic carbocycles. The van der Waals surface area contributed by atoms with Crippen LogP contribution in [-0.2, 0) is 6.54 Å². The predicted octanol–water partition coefficient (Wildman–Crippen LogP) is 1.90. The molecule has 0 unspecified atom stereocenters. The smallest absolute Gasteiger partial charge is 0.347 e. The van der Waals surface area contributed by atoms with Crippen molar-refractivity contribution in [1.82, 2.24) is 24.6 Å². The van der Waals surface area contributed by atoms with Crippen LogP contribution in [0.25, 0.3) is 16.6 Å². The minimum Gasteiger partial charge on any atom is -0.347 e. The topological polar surface area (TPSA) is 67.6 Å². The van der Waals surface area contributed by atoms with Crippen LogP contribution in [0.3, 0.4) is 0 Å². The Kier molecular flexibility index (Phi) is 3.75. The molecule has 6 nitrogen and oxygen atoms in total. The Morgan fingerprint density at radius 3 is 2.87 bits per heavy atom. The minimum absolute atomic E-state index is 0.213. The lowest BCUT2D eigenvalue weighted by molar-refractivity contribution is 0.339. The van der Waals surface area contributed by atoms with E-state index in [4.69, 9.17) is 0 Å². The second kappa shape index (κ2) is 6.04. The molecule has 1 saturated heterocycles. The molecule has 23 heavy (non-hydrogen) atoms. The summed E-state index contributed by atoms with van der Waals surface area (Å²) in [7, 11) is 0. The van der Waals surface area contributed by atoms with Crippen LogP contribution in [0.4, 0.5) is 0 Å². The molecule has 1 aliphatic rings. The van der Waals surface area contributed by atoms with E-state index in [9.17, 15) is 4.79 Å². The normalized spacial score (nSPS) is 16.2. The molecule has 3 heterocycles. The quantitative estimate of drug-likeness (QED) is 0.773. The van der Waals surface area contributed by atoms with E-state index < -0.39 is 0 Å². The molecule has 0 radical (unpaired) electrons. The Labute approximate surface area is 134 Å². The van der Waals surface area contributed by atoms with E-state index in [1.54, 1.807) is 0 Å². The van der Waals surface area contributed by atoms with Crippen molar-refractivity contribution in [2.45, 2.75) is 25.8 Å². The summed E-state index contributed by atoms with van der Waals surface area (Å²) in [6, 6.07) is 8.21. The Hall–Kier alpha value is -2.34. The molecule has 0 bridgehead atoms. The highest BCUT2D eigenvalue weighted by Crippen LogP contribution is 2.22. The highest BCUT2D eigenvalue weighted by Gasteiger charge is 2.13. The van der Waals surface area contributed by atoms with E-state index in [-0.39, 0.29) is 5.69 Å². The van der Waals surface area contributed by atoms with Gasteiger partial charge in [0.15, 0.2) is 0 Å². The number of rotatable bonds is 4. The van der Waals surface area contributed by atoms with Crippen molar-refractivity contribution < 1.29 is 0 Å². The van der Waals surface area contributed by atoms with Gasteiger partial charge < -0.3 is 9.88 Å². The minimum atomic E-state index is -0.213. The van der Waals surface area contributed by atoms with Gasteiger partial charge >= 0.3 is 5.69 Å². The first kappa shape index (κ1) is 14.3. The maximum Gasteiger partial charge on any atom is 0.347 e. The van der Waals surface area contributed by atoms with Crippen molar-refractivity contribution >= 4 is 10.9 Å². The molecule has 2 aromatic heterocycles. The number of nitrogens with one attached hydrogen (secondary N) is 2. The number of nitrogens with zero attached hydrogens (tertiary/aromatic N) is 3. The second-order valence-electron chi connectivity index (χ2n) is 6.27. The summed E-state index contributed by atoms with van der Waals surface area (Å²) in [5, 5.41) is 10.8. The molecule has 1 aliphatic heterocycles. The number of piperidine rings is 1. The highest BCUT2D eigenvalue weighted by atomic mass is 16.1. The van der Waals surface area contributed by atoms with E-state index in [1.807, 2.05) is 12.1 Å². The fraction of sp³-hybridized carbons (Fsp3) is 0.412. The van der Waals surface area contributed by atoms with Gasteiger partial charge in [0.05, 0.1) is 5.69 Å². The second-order valence-corrected chi connectivity index (χ2v) is 6.27. The molecule has 4 rings (SSSR count). The van der Waals surface area contributed by atoms with Crippen LogP contribution in [0.15, 0.2) is 41.6 Å². The zero-order chi connectivity index (χ0) is 15.6. The predicted molar refractivity (Wildman–Crippen MR) is 89.9 cm³/mol. The molecule has 0 atom stereocenters. The van der Waals surface area contributed by atoms with Crippen molar-refractivity contribution in [2.24, 2.45) is 5.92 Å². The molecule has 0 saturated carbocycles. The van der Waals surface area contributed by atoms with Gasteiger partial charge in [0, 0.05) is 23.6 Å². The summed E-state index contributed by atoms with van der Waals surface area (Å²) in [5.74, 6) is 0.831. The fourth-order valence-electron chi connectivity index (χ4n) is 3.46. The number of fused-ring (bicyclic) bond motifs is 1. The number of aryl methyl sites for hydroxylation is 1. The average molecular weight is 311 g/mol. The Morgan fingerprint density at radius 2 is 2.09 bits per heavy atom. The SMILES string of the molecule is O=c1[nH]ncn1-c1ccc2c(ccn2CCC2CCNCC2)c1. The van der Waals surface area contributed by atoms with Crippen LogP contribution in [0.2, 0.25) is 0 Å². The summed E-state index contributed by atoms with van der Waals surface area (Å²) in [6.45, 7) is 3.36. The van der Waals surface area contributed by atoms with Gasteiger partial charge in [-0.05, 0) is 62.5 Å². The van der Waals surface area contributed by atoms with Gasteiger partial charge in [0.2, 0.25) is 0 Å². The lowest BCUT2D eigenvalue weighted by atomic mass is 9.95. The van der Waals surface area contributed by atoms with Crippen molar-refractivity contribution in [1.29, 1.82) is 0 Å². The summed E-state index contributed by atoms with van der Waals surface area (Å²) in [6.07, 6.45) is 7.46. The standard InChI is InChI=1S/C17H21N5O/c23-17-20-19-12-22(17)15-1-2-16-14(11-15)6-10-21(16)9-5-13-3-7-18-8-4-13/h1-2,6,10-13,18H,3-5,7-9H2,(H,20,23). The maximum absolute atomic E-state index is 11.7. The molecule has 0 amide bonds. The van der Waals surface area contributed by atoms with Gasteiger partial charge in [-0.15, -0.1) is 0 Å². The molecule has 0 spiro atoms. The van der Waals surface area contributed by atoms with Gasteiger partial charge in [-0.1, -0.05) is 0 Å². The molecule has 3 aromatic rings. The molecule has 120 valence electrons. The Bertz CT molecular complexity index is 853. The summed E-state index contributed by atoms with van der Waals surface area (Å²) < 4.78 is 3.84. The number of benzene rings is 1. The molecule has 1 aromatic carbocycles. The van der Waals surface area contributed by atoms with E-state index >= 15 is 0 Å². The van der Waals surface area contributed by atoms with Crippen LogP contribution >= 0.6 is 0 Å². The maximum atomic E-state index is 11.7. The molecule has 1 fully saturated rings. The van der Waals surface area contributed by atoms with Crippen LogP contribution < -0.4 is 11.0 Å². The van der Waals surface area contributed by atoms with Crippen LogP contribution in [0.5, 0.6) is 0 Å². The fourth-order valence-corrected chi connectivity index (χ4v) is 3.46. The average Bonchev–Trinajstić information content (AvgIpc) is 3.19. The zero-order valence-corrected chi connectivity index (χ0v) is 13.0. The molecule has 2 N–H and O–H groups in total. The van der Waals surface area contributed by atoms with Crippen LogP contribution in [0.1, 0.15) is 19.3 Å². The lowest BCUT2D eigenvalue weighted by Crippen LogP contribution is -2.28. The van der Waals surface area contributed by atoms with Crippen molar-refractivity contribution in [3.05, 3.63) is 47.3 Å². The first-order valence-electron chi connectivity index (χ1n) is 8.23. The third-order valence-electron chi connectivity index (χ3n) is 4.82. The number of hydrogen-bond acceptors (Lipinski definition) is 3. The number of H-pyrrole nitrogens is 1. The van der Waals surface area contributed by atoms with Gasteiger partial charge in [0.25, 0.3) is 0 Å². The monoisotopic (exact) mass is 311 g/mol. The van der Waals surface area contributed by atoms with Crippen molar-refractivity contribution in [2.75, 3.05) is 13.1 Å². The number of aromatic nitrogens is 4. The van der Waals surface area contributed by atoms with Crippen LogP contribution in [-0.4, -0.2) is 32.4 Å². The number of hydrogen-bond donors (Lipinski definition) is 2. The van der Waals surface area contributed by atoms with E-state index in [0.717, 1.165) is 36.6 Å². The Balaban J connectivity index is 1.55. The first-order valence-corrected chi connectivity index (χ1v) is 8.23. The summed E-state index contributed by atoms with van der Waals surface area (Å²) in [5.41, 5.74) is 1.85. The van der Waals surface area contributed by atoms with E-state index in [2.05, 4.69) is 38.4 Å². The Morgan fingerprint density at radius 1 is 1.22 bits per heavy atom. The van der Waals surface area contributed by atoms with Crippen LogP contribution in [0, 0.1) is 5.92 Å². The lowest BCUT2D eigenvalue weighted by Gasteiger charge is -2.22. The largest absolute Gasteiger partial charge is 0.347 e. The van der Waals surface area contributed by atoms with Gasteiger partial charge in [-0.3, -0.25) is 0 Å². The van der Waals surface area contributed by atoms with E-state index in [1.165, 1.54) is 35.7 Å². The number of aromatic amines is 1. The zero-order valence-electron chi connectivity index (χ0n) is 13.0. The van der Waals surface area contributed by atoms with Gasteiger partial charge in [-0.2, -0.15) is 5.10 Å². The molecule has 6 heteroatoms. The summed E-state index contributed by atoms with van der Waals surface area (Å²) >= 11 is 0. The molecular weight excluding hydrogens is 290 g/mol. The van der Waals surface area contributed by atoms with Gasteiger partial charge in [-0.25, -0.2) is 14.5 Å². The summed E-state index contributed by atoms with van der Waals surface area (Å²) in [4.78, 5) is 11.7.